The molecule has 2 aromatic carbocycles. The van der Waals surface area contributed by atoms with Gasteiger partial charge >= 0.3 is 0 Å². The first kappa shape index (κ1) is 23.3. The number of carbonyl (C=O) groups excluding carboxylic acids is 2. The molecule has 0 fully saturated rings. The summed E-state index contributed by atoms with van der Waals surface area (Å²) in [7, 11) is 0. The Balaban J connectivity index is 1.63. The molecule has 0 unspecified atom stereocenters. The molecule has 2 N–H and O–H groups in total. The summed E-state index contributed by atoms with van der Waals surface area (Å²) in [5.41, 5.74) is 3.45. The average Bonchev–Trinajstić information content (AvgIpc) is 3.18. The maximum Gasteiger partial charge on any atom is 0.251 e. The van der Waals surface area contributed by atoms with Crippen LogP contribution in [0.5, 0.6) is 0 Å². The quantitative estimate of drug-likeness (QED) is 0.361. The Kier molecular flexibility index (Phi) is 8.21. The Morgan fingerprint density at radius 2 is 1.88 bits per heavy atom. The van der Waals surface area contributed by atoms with E-state index in [4.69, 9.17) is 0 Å². The van der Waals surface area contributed by atoms with Gasteiger partial charge in [-0.1, -0.05) is 61.2 Å². The molecule has 1 heterocycles. The molecular formula is C24H27N5O2S. The van der Waals surface area contributed by atoms with Crippen molar-refractivity contribution in [2.45, 2.75) is 38.5 Å². The van der Waals surface area contributed by atoms with Gasteiger partial charge in [-0.15, -0.1) is 16.8 Å². The minimum Gasteiger partial charge on any atom is -0.345 e. The van der Waals surface area contributed by atoms with E-state index >= 15 is 0 Å². The van der Waals surface area contributed by atoms with Gasteiger partial charge in [0.1, 0.15) is 0 Å². The molecule has 0 spiro atoms. The number of benzene rings is 2. The summed E-state index contributed by atoms with van der Waals surface area (Å²) in [4.78, 5) is 25.0. The average molecular weight is 450 g/mol. The number of nitrogens with one attached hydrogen (secondary N) is 2. The monoisotopic (exact) mass is 449 g/mol. The normalized spacial score (nSPS) is 10.6. The van der Waals surface area contributed by atoms with Crippen LogP contribution in [0.3, 0.4) is 0 Å². The van der Waals surface area contributed by atoms with E-state index in [2.05, 4.69) is 34.3 Å². The fraction of sp³-hybridized carbons (Fsp3) is 0.250. The lowest BCUT2D eigenvalue weighted by atomic mass is 10.1. The zero-order valence-corrected chi connectivity index (χ0v) is 19.1. The van der Waals surface area contributed by atoms with Crippen LogP contribution in [-0.2, 0) is 24.3 Å². The third kappa shape index (κ3) is 5.85. The third-order valence-electron chi connectivity index (χ3n) is 4.91. The van der Waals surface area contributed by atoms with E-state index < -0.39 is 0 Å². The van der Waals surface area contributed by atoms with Gasteiger partial charge in [-0.3, -0.25) is 9.59 Å². The third-order valence-corrected chi connectivity index (χ3v) is 5.87. The molecule has 0 bridgehead atoms. The summed E-state index contributed by atoms with van der Waals surface area (Å²) >= 11 is 1.30. The van der Waals surface area contributed by atoms with Crippen LogP contribution in [-0.4, -0.2) is 32.3 Å². The van der Waals surface area contributed by atoms with Crippen LogP contribution < -0.4 is 10.6 Å². The number of thioether (sulfide) groups is 1. The Bertz CT molecular complexity index is 1110. The minimum atomic E-state index is -0.167. The van der Waals surface area contributed by atoms with Gasteiger partial charge in [0.25, 0.3) is 5.91 Å². The maximum absolute atomic E-state index is 12.5. The Labute approximate surface area is 192 Å². The molecule has 0 saturated heterocycles. The summed E-state index contributed by atoms with van der Waals surface area (Å²) in [6.07, 6.45) is 2.58. The molecule has 0 atom stereocenters. The minimum absolute atomic E-state index is 0.113. The Morgan fingerprint density at radius 1 is 1.12 bits per heavy atom. The number of hydrogen-bond donors (Lipinski definition) is 2. The van der Waals surface area contributed by atoms with Gasteiger partial charge in [0, 0.05) is 17.8 Å². The summed E-state index contributed by atoms with van der Waals surface area (Å²) in [6, 6.07) is 15.2. The van der Waals surface area contributed by atoms with Crippen LogP contribution in [0.1, 0.15) is 34.2 Å². The molecule has 166 valence electrons. The number of nitrogens with zero attached hydrogens (tertiary/aromatic N) is 3. The number of anilines is 1. The zero-order valence-electron chi connectivity index (χ0n) is 18.3. The van der Waals surface area contributed by atoms with Gasteiger partial charge in [0.05, 0.1) is 12.3 Å². The molecule has 3 aromatic rings. The molecule has 3 rings (SSSR count). The van der Waals surface area contributed by atoms with Gasteiger partial charge < -0.3 is 15.2 Å². The van der Waals surface area contributed by atoms with Crippen LogP contribution >= 0.6 is 11.8 Å². The largest absolute Gasteiger partial charge is 0.345 e. The topological polar surface area (TPSA) is 88.9 Å². The van der Waals surface area contributed by atoms with Crippen LogP contribution in [0.2, 0.25) is 0 Å². The number of aryl methyl sites for hydroxylation is 2. The molecule has 0 aliphatic rings. The number of aromatic nitrogens is 3. The molecule has 0 aliphatic heterocycles. The van der Waals surface area contributed by atoms with E-state index in [1.54, 1.807) is 12.1 Å². The fourth-order valence-corrected chi connectivity index (χ4v) is 3.98. The van der Waals surface area contributed by atoms with Crippen molar-refractivity contribution in [3.05, 3.63) is 83.7 Å². The molecule has 0 aliphatic carbocycles. The first-order valence-corrected chi connectivity index (χ1v) is 11.4. The Morgan fingerprint density at radius 3 is 2.62 bits per heavy atom. The van der Waals surface area contributed by atoms with Crippen molar-refractivity contribution < 1.29 is 9.59 Å². The second-order valence-electron chi connectivity index (χ2n) is 7.14. The van der Waals surface area contributed by atoms with Crippen molar-refractivity contribution in [1.82, 2.24) is 20.1 Å². The van der Waals surface area contributed by atoms with Crippen molar-refractivity contribution in [2.75, 3.05) is 11.1 Å². The van der Waals surface area contributed by atoms with Gasteiger partial charge in [-0.25, -0.2) is 0 Å². The van der Waals surface area contributed by atoms with Crippen molar-refractivity contribution in [3.63, 3.8) is 0 Å². The highest BCUT2D eigenvalue weighted by Crippen LogP contribution is 2.20. The number of amides is 2. The first-order chi connectivity index (χ1) is 15.5. The standard InChI is InChI=1S/C24H27N5O2S/c1-4-14-29-21(15-25-23(31)19-12-8-6-10-17(19)3)27-28-24(29)32-16-22(30)26-20-13-9-7-11-18(20)5-2/h4,6-13H,1,5,14-16H2,2-3H3,(H,25,31)(H,26,30). The highest BCUT2D eigenvalue weighted by Gasteiger charge is 2.16. The summed E-state index contributed by atoms with van der Waals surface area (Å²) in [5, 5.41) is 14.9. The van der Waals surface area contributed by atoms with Gasteiger partial charge in [-0.2, -0.15) is 0 Å². The van der Waals surface area contributed by atoms with E-state index in [9.17, 15) is 9.59 Å². The molecule has 2 amide bonds. The van der Waals surface area contributed by atoms with Crippen LogP contribution in [0.15, 0.2) is 66.3 Å². The second kappa shape index (κ2) is 11.3. The zero-order chi connectivity index (χ0) is 22.9. The van der Waals surface area contributed by atoms with E-state index in [-0.39, 0.29) is 24.1 Å². The van der Waals surface area contributed by atoms with E-state index in [0.717, 1.165) is 23.2 Å². The number of hydrogen-bond acceptors (Lipinski definition) is 5. The highest BCUT2D eigenvalue weighted by molar-refractivity contribution is 7.99. The van der Waals surface area contributed by atoms with Gasteiger partial charge in [0.2, 0.25) is 5.91 Å². The Hall–Kier alpha value is -3.39. The summed E-state index contributed by atoms with van der Waals surface area (Å²) < 4.78 is 1.85. The molecule has 1 aromatic heterocycles. The number of para-hydroxylation sites is 1. The van der Waals surface area contributed by atoms with Crippen LogP contribution in [0.25, 0.3) is 0 Å². The molecule has 7 nitrogen and oxygen atoms in total. The number of carbonyl (C=O) groups is 2. The summed E-state index contributed by atoms with van der Waals surface area (Å²) in [5.74, 6) is 0.520. The predicted molar refractivity (Wildman–Crippen MR) is 128 cm³/mol. The lowest BCUT2D eigenvalue weighted by Gasteiger charge is -2.11. The molecule has 32 heavy (non-hydrogen) atoms. The SMILES string of the molecule is C=CCn1c(CNC(=O)c2ccccc2C)nnc1SCC(=O)Nc1ccccc1CC. The number of rotatable bonds is 10. The van der Waals surface area contributed by atoms with E-state index in [1.165, 1.54) is 11.8 Å². The van der Waals surface area contributed by atoms with Crippen LogP contribution in [0, 0.1) is 6.92 Å². The molecule has 0 radical (unpaired) electrons. The van der Waals surface area contributed by atoms with Crippen molar-refractivity contribution >= 4 is 29.3 Å². The lowest BCUT2D eigenvalue weighted by Crippen LogP contribution is -2.25. The smallest absolute Gasteiger partial charge is 0.251 e. The van der Waals surface area contributed by atoms with Gasteiger partial charge in [-0.05, 0) is 36.6 Å². The predicted octanol–water partition coefficient (Wildman–Crippen LogP) is 4.00. The van der Waals surface area contributed by atoms with Gasteiger partial charge in [0.15, 0.2) is 11.0 Å². The summed E-state index contributed by atoms with van der Waals surface area (Å²) in [6.45, 7) is 8.44. The van der Waals surface area contributed by atoms with Crippen molar-refractivity contribution in [3.8, 4) is 0 Å². The van der Waals surface area contributed by atoms with Crippen LogP contribution in [0.4, 0.5) is 5.69 Å². The van der Waals surface area contributed by atoms with E-state index in [1.807, 2.05) is 54.0 Å². The highest BCUT2D eigenvalue weighted by atomic mass is 32.2. The molecular weight excluding hydrogens is 422 g/mol. The fourth-order valence-electron chi connectivity index (χ4n) is 3.22. The van der Waals surface area contributed by atoms with Crippen molar-refractivity contribution in [1.29, 1.82) is 0 Å². The first-order valence-electron chi connectivity index (χ1n) is 10.4. The van der Waals surface area contributed by atoms with E-state index in [0.29, 0.717) is 23.1 Å². The maximum atomic E-state index is 12.5. The lowest BCUT2D eigenvalue weighted by molar-refractivity contribution is -0.113. The molecule has 8 heteroatoms. The molecule has 0 saturated carbocycles. The van der Waals surface area contributed by atoms with Crippen molar-refractivity contribution in [2.24, 2.45) is 0 Å². The second-order valence-corrected chi connectivity index (χ2v) is 8.09. The number of allylic oxidation sites excluding steroid dienone is 1.